The molecule has 1 unspecified atom stereocenters. The van der Waals surface area contributed by atoms with E-state index in [1.165, 1.54) is 0 Å². The molecule has 5 nitrogen and oxygen atoms in total. The van der Waals surface area contributed by atoms with E-state index in [9.17, 15) is 9.36 Å². The van der Waals surface area contributed by atoms with E-state index in [4.69, 9.17) is 9.47 Å². The van der Waals surface area contributed by atoms with Crippen LogP contribution in [-0.2, 0) is 14.0 Å². The van der Waals surface area contributed by atoms with Crippen molar-refractivity contribution in [1.29, 1.82) is 0 Å². The van der Waals surface area contributed by atoms with Gasteiger partial charge in [-0.3, -0.25) is 0 Å². The molecule has 1 aliphatic rings. The zero-order valence-corrected chi connectivity index (χ0v) is 12.8. The van der Waals surface area contributed by atoms with Crippen molar-refractivity contribution in [1.82, 2.24) is 4.90 Å². The predicted octanol–water partition coefficient (Wildman–Crippen LogP) is 2.25. The van der Waals surface area contributed by atoms with E-state index in [1.807, 2.05) is 20.8 Å². The third kappa shape index (κ3) is 4.99. The Morgan fingerprint density at radius 2 is 2.00 bits per heavy atom. The van der Waals surface area contributed by atoms with E-state index in [2.05, 4.69) is 0 Å². The van der Waals surface area contributed by atoms with Gasteiger partial charge in [0.15, 0.2) is 0 Å². The Morgan fingerprint density at radius 1 is 1.39 bits per heavy atom. The summed E-state index contributed by atoms with van der Waals surface area (Å²) >= 11 is 0. The molecule has 6 heteroatoms. The zero-order chi connectivity index (χ0) is 14.0. The van der Waals surface area contributed by atoms with E-state index in [1.54, 1.807) is 18.2 Å². The molecule has 1 aliphatic heterocycles. The Bertz CT molecular complexity index is 344. The van der Waals surface area contributed by atoms with Crippen molar-refractivity contribution >= 4 is 13.2 Å². The molecule has 0 spiro atoms. The summed E-state index contributed by atoms with van der Waals surface area (Å²) < 4.78 is 22.9. The largest absolute Gasteiger partial charge is 0.444 e. The van der Waals surface area contributed by atoms with Crippen LogP contribution in [-0.4, -0.2) is 61.9 Å². The topological polar surface area (TPSA) is 55.8 Å². The van der Waals surface area contributed by atoms with Gasteiger partial charge < -0.3 is 18.9 Å². The quantitative estimate of drug-likeness (QED) is 0.690. The van der Waals surface area contributed by atoms with Crippen LogP contribution in [0.3, 0.4) is 0 Å². The summed E-state index contributed by atoms with van der Waals surface area (Å²) in [6.07, 6.45) is -0.355. The molecule has 1 fully saturated rings. The van der Waals surface area contributed by atoms with Gasteiger partial charge >= 0.3 is 6.09 Å². The molecule has 1 heterocycles. The van der Waals surface area contributed by atoms with Crippen LogP contribution < -0.4 is 0 Å². The molecular formula is C12H24NO4P. The SMILES string of the molecule is CC(C)(C)OC(=O)N1CCOCC(P(C)(C)=O)C1. The molecule has 0 aliphatic carbocycles. The van der Waals surface area contributed by atoms with Gasteiger partial charge in [-0.25, -0.2) is 4.79 Å². The molecule has 1 atom stereocenters. The van der Waals surface area contributed by atoms with Crippen LogP contribution in [0.4, 0.5) is 4.79 Å². The highest BCUT2D eigenvalue weighted by Crippen LogP contribution is 2.43. The molecule has 1 saturated heterocycles. The maximum absolute atomic E-state index is 12.1. The molecule has 0 saturated carbocycles. The first-order valence-electron chi connectivity index (χ1n) is 6.20. The minimum Gasteiger partial charge on any atom is -0.444 e. The van der Waals surface area contributed by atoms with Crippen molar-refractivity contribution in [3.05, 3.63) is 0 Å². The highest BCUT2D eigenvalue weighted by molar-refractivity contribution is 7.63. The Labute approximate surface area is 109 Å². The van der Waals surface area contributed by atoms with Gasteiger partial charge in [0.25, 0.3) is 0 Å². The number of ether oxygens (including phenoxy) is 2. The Morgan fingerprint density at radius 3 is 2.50 bits per heavy atom. The van der Waals surface area contributed by atoms with Crippen LogP contribution in [0.25, 0.3) is 0 Å². The summed E-state index contributed by atoms with van der Waals surface area (Å²) in [6.45, 7) is 10.8. The molecular weight excluding hydrogens is 253 g/mol. The van der Waals surface area contributed by atoms with Crippen LogP contribution in [0.1, 0.15) is 20.8 Å². The molecule has 1 rings (SSSR count). The van der Waals surface area contributed by atoms with Crippen molar-refractivity contribution < 1.29 is 18.8 Å². The molecule has 0 aromatic heterocycles. The second kappa shape index (κ2) is 5.62. The standard InChI is InChI=1S/C12H24NO4P/c1-12(2,3)17-11(14)13-6-7-16-9-10(8-13)18(4,5)15/h10H,6-9H2,1-5H3. The normalized spacial score (nSPS) is 22.5. The van der Waals surface area contributed by atoms with Crippen molar-refractivity contribution in [3.8, 4) is 0 Å². The van der Waals surface area contributed by atoms with Crippen molar-refractivity contribution in [2.45, 2.75) is 32.0 Å². The third-order valence-electron chi connectivity index (χ3n) is 2.78. The average Bonchev–Trinajstić information content (AvgIpc) is 2.38. The molecule has 1 amide bonds. The van der Waals surface area contributed by atoms with Gasteiger partial charge in [-0.1, -0.05) is 0 Å². The van der Waals surface area contributed by atoms with Crippen LogP contribution in [0.15, 0.2) is 0 Å². The smallest absolute Gasteiger partial charge is 0.410 e. The fourth-order valence-corrected chi connectivity index (χ4v) is 2.72. The Hall–Kier alpha value is -0.540. The van der Waals surface area contributed by atoms with Crippen LogP contribution in [0.2, 0.25) is 0 Å². The van der Waals surface area contributed by atoms with Gasteiger partial charge in [0.05, 0.1) is 26.0 Å². The van der Waals surface area contributed by atoms with Gasteiger partial charge in [-0.2, -0.15) is 0 Å². The van der Waals surface area contributed by atoms with Crippen molar-refractivity contribution in [2.24, 2.45) is 0 Å². The lowest BCUT2D eigenvalue weighted by atomic mass is 10.2. The van der Waals surface area contributed by atoms with E-state index >= 15 is 0 Å². The molecule has 18 heavy (non-hydrogen) atoms. The molecule has 0 aromatic rings. The maximum atomic E-state index is 12.1. The number of rotatable bonds is 1. The first kappa shape index (κ1) is 15.5. The minimum absolute atomic E-state index is 0.104. The fraction of sp³-hybridized carbons (Fsp3) is 0.917. The Kier molecular flexibility index (Phi) is 4.84. The van der Waals surface area contributed by atoms with E-state index < -0.39 is 12.7 Å². The molecule has 0 aromatic carbocycles. The highest BCUT2D eigenvalue weighted by Gasteiger charge is 2.32. The fourth-order valence-electron chi connectivity index (χ4n) is 1.66. The highest BCUT2D eigenvalue weighted by atomic mass is 31.2. The predicted molar refractivity (Wildman–Crippen MR) is 71.9 cm³/mol. The molecule has 0 radical (unpaired) electrons. The molecule has 106 valence electrons. The van der Waals surface area contributed by atoms with Crippen LogP contribution in [0.5, 0.6) is 0 Å². The summed E-state index contributed by atoms with van der Waals surface area (Å²) in [5, 5.41) is 0. The number of amides is 1. The Balaban J connectivity index is 2.70. The monoisotopic (exact) mass is 277 g/mol. The first-order valence-corrected chi connectivity index (χ1v) is 8.87. The average molecular weight is 277 g/mol. The lowest BCUT2D eigenvalue weighted by Gasteiger charge is -2.28. The number of carbonyl (C=O) groups excluding carboxylic acids is 1. The van der Waals surface area contributed by atoms with Gasteiger partial charge in [0.2, 0.25) is 0 Å². The summed E-state index contributed by atoms with van der Waals surface area (Å²) in [5.74, 6) is 0. The second-order valence-electron chi connectivity index (χ2n) is 6.09. The summed E-state index contributed by atoms with van der Waals surface area (Å²) in [7, 11) is -2.27. The molecule has 0 bridgehead atoms. The summed E-state index contributed by atoms with van der Waals surface area (Å²) in [6, 6.07) is 0. The lowest BCUT2D eigenvalue weighted by Crippen LogP contribution is -2.41. The minimum atomic E-state index is -2.27. The van der Waals surface area contributed by atoms with Gasteiger partial charge in [0.1, 0.15) is 5.60 Å². The first-order chi connectivity index (χ1) is 8.09. The molecule has 0 N–H and O–H groups in total. The summed E-state index contributed by atoms with van der Waals surface area (Å²) in [5.41, 5.74) is -0.616. The third-order valence-corrected chi connectivity index (χ3v) is 4.85. The van der Waals surface area contributed by atoms with Gasteiger partial charge in [0, 0.05) is 13.1 Å². The van der Waals surface area contributed by atoms with Crippen molar-refractivity contribution in [2.75, 3.05) is 39.6 Å². The van der Waals surface area contributed by atoms with E-state index in [0.29, 0.717) is 26.3 Å². The maximum Gasteiger partial charge on any atom is 0.410 e. The number of nitrogens with zero attached hydrogens (tertiary/aromatic N) is 1. The van der Waals surface area contributed by atoms with E-state index in [-0.39, 0.29) is 11.8 Å². The second-order valence-corrected chi connectivity index (χ2v) is 9.69. The number of hydrogen-bond acceptors (Lipinski definition) is 4. The summed E-state index contributed by atoms with van der Waals surface area (Å²) in [4.78, 5) is 13.6. The van der Waals surface area contributed by atoms with Crippen LogP contribution in [0, 0.1) is 0 Å². The van der Waals surface area contributed by atoms with Crippen molar-refractivity contribution in [3.63, 3.8) is 0 Å². The van der Waals surface area contributed by atoms with Gasteiger partial charge in [-0.15, -0.1) is 0 Å². The van der Waals surface area contributed by atoms with Crippen LogP contribution >= 0.6 is 7.14 Å². The lowest BCUT2D eigenvalue weighted by molar-refractivity contribution is 0.0244. The van der Waals surface area contributed by atoms with Gasteiger partial charge in [-0.05, 0) is 34.1 Å². The number of carbonyl (C=O) groups is 1. The number of hydrogen-bond donors (Lipinski definition) is 0. The van der Waals surface area contributed by atoms with E-state index in [0.717, 1.165) is 0 Å². The zero-order valence-electron chi connectivity index (χ0n) is 11.9.